The van der Waals surface area contributed by atoms with Crippen LogP contribution in [0.2, 0.25) is 0 Å². The van der Waals surface area contributed by atoms with E-state index >= 15 is 0 Å². The quantitative estimate of drug-likeness (QED) is 0.687. The number of benzene rings is 1. The number of anilines is 1. The number of aryl methyl sites for hydroxylation is 2. The lowest BCUT2D eigenvalue weighted by molar-refractivity contribution is -0.112. The molecule has 1 aromatic heterocycles. The third-order valence-corrected chi connectivity index (χ3v) is 3.57. The van der Waals surface area contributed by atoms with Gasteiger partial charge in [0.05, 0.1) is 11.3 Å². The van der Waals surface area contributed by atoms with Crippen LogP contribution < -0.4 is 14.8 Å². The van der Waals surface area contributed by atoms with E-state index < -0.39 is 11.7 Å². The van der Waals surface area contributed by atoms with Gasteiger partial charge in [-0.3, -0.25) is 14.3 Å². The highest BCUT2D eigenvalue weighted by Crippen LogP contribution is 2.34. The molecule has 1 aliphatic rings. The van der Waals surface area contributed by atoms with Crippen LogP contribution in [0.1, 0.15) is 21.7 Å². The molecule has 114 valence electrons. The maximum atomic E-state index is 12.3. The minimum atomic E-state index is -0.710. The van der Waals surface area contributed by atoms with Crippen LogP contribution in [0.5, 0.6) is 11.5 Å². The molecule has 1 amide bonds. The first kappa shape index (κ1) is 14.1. The Morgan fingerprint density at radius 2 is 1.95 bits per heavy atom. The van der Waals surface area contributed by atoms with E-state index in [9.17, 15) is 9.59 Å². The van der Waals surface area contributed by atoms with Crippen molar-refractivity contribution in [1.82, 2.24) is 9.78 Å². The highest BCUT2D eigenvalue weighted by Gasteiger charge is 2.24. The Hall–Kier alpha value is -2.83. The molecule has 0 aliphatic carbocycles. The second-order valence-electron chi connectivity index (χ2n) is 5.02. The molecular weight excluding hydrogens is 286 g/mol. The number of ether oxygens (including phenoxy) is 2. The van der Waals surface area contributed by atoms with Gasteiger partial charge in [-0.2, -0.15) is 5.10 Å². The van der Waals surface area contributed by atoms with Gasteiger partial charge < -0.3 is 14.8 Å². The van der Waals surface area contributed by atoms with Gasteiger partial charge in [-0.1, -0.05) is 0 Å². The van der Waals surface area contributed by atoms with Gasteiger partial charge >= 0.3 is 0 Å². The van der Waals surface area contributed by atoms with Gasteiger partial charge in [0.1, 0.15) is 0 Å². The van der Waals surface area contributed by atoms with Gasteiger partial charge in [-0.05, 0) is 26.0 Å². The fraction of sp³-hybridized carbons (Fsp3) is 0.267. The first-order chi connectivity index (χ1) is 10.5. The Balaban J connectivity index is 1.81. The summed E-state index contributed by atoms with van der Waals surface area (Å²) in [6.45, 7) is 3.61. The zero-order valence-electron chi connectivity index (χ0n) is 12.5. The van der Waals surface area contributed by atoms with Crippen molar-refractivity contribution < 1.29 is 19.1 Å². The average molecular weight is 301 g/mol. The fourth-order valence-corrected chi connectivity index (χ4v) is 2.38. The molecule has 1 aliphatic heterocycles. The van der Waals surface area contributed by atoms with E-state index in [4.69, 9.17) is 9.47 Å². The Morgan fingerprint density at radius 1 is 1.23 bits per heavy atom. The largest absolute Gasteiger partial charge is 0.454 e. The Labute approximate surface area is 126 Å². The van der Waals surface area contributed by atoms with E-state index in [2.05, 4.69) is 10.4 Å². The normalized spacial score (nSPS) is 12.3. The maximum Gasteiger partial charge on any atom is 0.296 e. The van der Waals surface area contributed by atoms with Crippen LogP contribution in [0, 0.1) is 13.8 Å². The van der Waals surface area contributed by atoms with Gasteiger partial charge in [0, 0.05) is 24.5 Å². The van der Waals surface area contributed by atoms with Crippen molar-refractivity contribution in [3.63, 3.8) is 0 Å². The smallest absolute Gasteiger partial charge is 0.296 e. The third-order valence-electron chi connectivity index (χ3n) is 3.57. The van der Waals surface area contributed by atoms with Gasteiger partial charge in [-0.15, -0.1) is 0 Å². The second-order valence-corrected chi connectivity index (χ2v) is 5.02. The molecule has 0 saturated carbocycles. The van der Waals surface area contributed by atoms with Gasteiger partial charge in [0.2, 0.25) is 6.79 Å². The summed E-state index contributed by atoms with van der Waals surface area (Å²) in [5, 5.41) is 6.72. The lowest BCUT2D eigenvalue weighted by Crippen LogP contribution is -2.24. The van der Waals surface area contributed by atoms with Crippen LogP contribution in [0.25, 0.3) is 0 Å². The molecule has 7 nitrogen and oxygen atoms in total. The van der Waals surface area contributed by atoms with E-state index in [1.165, 1.54) is 0 Å². The standard InChI is InChI=1S/C15H15N3O4/c1-8-13(9(2)18(3)17-8)14(19)15(20)16-10-4-5-11-12(6-10)22-7-21-11/h4-6H,7H2,1-3H3,(H,16,20). The van der Waals surface area contributed by atoms with E-state index in [-0.39, 0.29) is 6.79 Å². The average Bonchev–Trinajstić information content (AvgIpc) is 3.03. The maximum absolute atomic E-state index is 12.3. The van der Waals surface area contributed by atoms with E-state index in [1.807, 2.05) is 0 Å². The van der Waals surface area contributed by atoms with Gasteiger partial charge in [0.25, 0.3) is 11.7 Å². The molecule has 0 bridgehead atoms. The molecule has 1 aromatic carbocycles. The van der Waals surface area contributed by atoms with Crippen LogP contribution in [0.3, 0.4) is 0 Å². The van der Waals surface area contributed by atoms with Crippen molar-refractivity contribution in [1.29, 1.82) is 0 Å². The summed E-state index contributed by atoms with van der Waals surface area (Å²) in [6.07, 6.45) is 0. The SMILES string of the molecule is Cc1nn(C)c(C)c1C(=O)C(=O)Nc1ccc2c(c1)OCO2. The molecule has 2 heterocycles. The Bertz CT molecular complexity index is 779. The lowest BCUT2D eigenvalue weighted by Gasteiger charge is -2.06. The minimum Gasteiger partial charge on any atom is -0.454 e. The van der Waals surface area contributed by atoms with Gasteiger partial charge in [-0.25, -0.2) is 0 Å². The topological polar surface area (TPSA) is 82.5 Å². The van der Waals surface area contributed by atoms with E-state index in [0.29, 0.717) is 34.1 Å². The second kappa shape index (κ2) is 5.18. The number of nitrogens with one attached hydrogen (secondary N) is 1. The molecule has 0 spiro atoms. The number of ketones is 1. The van der Waals surface area contributed by atoms with Crippen molar-refractivity contribution in [3.8, 4) is 11.5 Å². The highest BCUT2D eigenvalue weighted by molar-refractivity contribution is 6.47. The predicted octanol–water partition coefficient (Wildman–Crippen LogP) is 1.59. The molecular formula is C15H15N3O4. The first-order valence-corrected chi connectivity index (χ1v) is 6.73. The molecule has 0 unspecified atom stereocenters. The molecule has 7 heteroatoms. The van der Waals surface area contributed by atoms with E-state index in [1.54, 1.807) is 43.8 Å². The summed E-state index contributed by atoms with van der Waals surface area (Å²) in [5.74, 6) is -0.166. The van der Waals surface area contributed by atoms with E-state index in [0.717, 1.165) is 0 Å². The number of hydrogen-bond donors (Lipinski definition) is 1. The molecule has 0 atom stereocenters. The lowest BCUT2D eigenvalue weighted by atomic mass is 10.1. The van der Waals surface area contributed by atoms with Gasteiger partial charge in [0.15, 0.2) is 11.5 Å². The van der Waals surface area contributed by atoms with Crippen molar-refractivity contribution in [2.45, 2.75) is 13.8 Å². The third kappa shape index (κ3) is 2.30. The number of rotatable bonds is 3. The van der Waals surface area contributed by atoms with Crippen molar-refractivity contribution in [2.75, 3.05) is 12.1 Å². The number of hydrogen-bond acceptors (Lipinski definition) is 5. The highest BCUT2D eigenvalue weighted by atomic mass is 16.7. The Kier molecular flexibility index (Phi) is 3.32. The summed E-state index contributed by atoms with van der Waals surface area (Å²) in [5.41, 5.74) is 2.00. The van der Waals surface area contributed by atoms with Crippen LogP contribution >= 0.6 is 0 Å². The summed E-state index contributed by atoms with van der Waals surface area (Å²) >= 11 is 0. The number of nitrogens with zero attached hydrogens (tertiary/aromatic N) is 2. The molecule has 0 radical (unpaired) electrons. The first-order valence-electron chi connectivity index (χ1n) is 6.73. The van der Waals surface area contributed by atoms with Crippen molar-refractivity contribution >= 4 is 17.4 Å². The number of carbonyl (C=O) groups is 2. The van der Waals surface area contributed by atoms with Crippen molar-refractivity contribution in [3.05, 3.63) is 35.2 Å². The zero-order valence-corrected chi connectivity index (χ0v) is 12.5. The monoisotopic (exact) mass is 301 g/mol. The Morgan fingerprint density at radius 3 is 2.64 bits per heavy atom. The number of carbonyl (C=O) groups excluding carboxylic acids is 2. The molecule has 1 N–H and O–H groups in total. The van der Waals surface area contributed by atoms with Crippen LogP contribution in [0.4, 0.5) is 5.69 Å². The van der Waals surface area contributed by atoms with Crippen molar-refractivity contribution in [2.24, 2.45) is 7.05 Å². The molecule has 0 fully saturated rings. The number of aromatic nitrogens is 2. The molecule has 0 saturated heterocycles. The number of amides is 1. The summed E-state index contributed by atoms with van der Waals surface area (Å²) in [4.78, 5) is 24.5. The molecule has 22 heavy (non-hydrogen) atoms. The summed E-state index contributed by atoms with van der Waals surface area (Å²) < 4.78 is 12.0. The summed E-state index contributed by atoms with van der Waals surface area (Å²) in [6, 6.07) is 4.96. The predicted molar refractivity (Wildman–Crippen MR) is 78.2 cm³/mol. The van der Waals surface area contributed by atoms with Crippen LogP contribution in [0.15, 0.2) is 18.2 Å². The number of Topliss-reactive ketones (excluding diaryl/α,β-unsaturated/α-hetero) is 1. The molecule has 2 aromatic rings. The minimum absolute atomic E-state index is 0.153. The fourth-order valence-electron chi connectivity index (χ4n) is 2.38. The van der Waals surface area contributed by atoms with Crippen LogP contribution in [-0.2, 0) is 11.8 Å². The summed E-state index contributed by atoms with van der Waals surface area (Å²) in [7, 11) is 1.73. The zero-order chi connectivity index (χ0) is 15.9. The molecule has 3 rings (SSSR count). The van der Waals surface area contributed by atoms with Crippen LogP contribution in [-0.4, -0.2) is 28.3 Å². The number of fused-ring (bicyclic) bond motifs is 1.